The summed E-state index contributed by atoms with van der Waals surface area (Å²) in [5, 5.41) is 4.00. The van der Waals surface area contributed by atoms with Crippen LogP contribution in [0, 0.1) is 0 Å². The third kappa shape index (κ3) is 410000. The Hall–Kier alpha value is -0.166. The molecule has 0 spiro atoms. The molecule has 0 aromatic rings. The maximum Gasteiger partial charge on any atom is 2.00 e. The fourth-order valence-electron chi connectivity index (χ4n) is 0. The van der Waals surface area contributed by atoms with Crippen LogP contribution in [0.25, 0.3) is 0 Å². The fraction of sp³-hybridized carbons (Fsp3) is 1.00. The van der Waals surface area contributed by atoms with Crippen LogP contribution in [0.1, 0.15) is 0 Å². The minimum atomic E-state index is -5.17. The zero-order chi connectivity index (χ0) is 14.4. The van der Waals surface area contributed by atoms with Crippen LogP contribution in [-0.4, -0.2) is 74.2 Å². The van der Waals surface area contributed by atoms with Crippen LogP contribution in [0.2, 0.25) is 0 Å². The Morgan fingerprint density at radius 1 is 0.520 bits per heavy atom. The molecule has 0 bridgehead atoms. The van der Waals surface area contributed by atoms with Crippen molar-refractivity contribution in [2.24, 2.45) is 0 Å². The van der Waals surface area contributed by atoms with Gasteiger partial charge in [-0.25, -0.2) is 0 Å². The standard InChI is InChI=1S/2C2H7N.Ni.2H2O4S.8H2O/c2*1-3-2;;2*1-5(2,3)4;;;;;;;;/h2*3H,1-2H3;;2*(H2,1,2,3,4);8*1H2/q;;+2;;;;;;;;;;/p+4. The Balaban J connectivity index is -0.00000000635. The minimum Gasteiger partial charge on any atom is -0.759 e. The minimum absolute atomic E-state index is 0. The van der Waals surface area contributed by atoms with E-state index in [0.29, 0.717) is 0 Å². The van der Waals surface area contributed by atoms with E-state index in [2.05, 4.69) is 0 Å². The molecule has 0 aliphatic rings. The molecule has 18 nitrogen and oxygen atoms in total. The summed E-state index contributed by atoms with van der Waals surface area (Å²) in [5.74, 6) is 0. The molecule has 0 aliphatic heterocycles. The van der Waals surface area contributed by atoms with Gasteiger partial charge >= 0.3 is 16.5 Å². The van der Waals surface area contributed by atoms with E-state index in [-0.39, 0.29) is 60.3 Å². The van der Waals surface area contributed by atoms with Crippen molar-refractivity contribution >= 4 is 20.8 Å². The Kier molecular flexibility index (Phi) is 262. The van der Waals surface area contributed by atoms with Crippen molar-refractivity contribution in [3.63, 3.8) is 0 Å². The monoisotopic (exact) mass is 492 g/mol. The third-order valence-corrected chi connectivity index (χ3v) is 0. The molecule has 0 aliphatic carbocycles. The van der Waals surface area contributed by atoms with Crippen molar-refractivity contribution in [3.8, 4) is 0 Å². The van der Waals surface area contributed by atoms with E-state index in [1.165, 1.54) is 0 Å². The zero-order valence-electron chi connectivity index (χ0n) is 14.0. The first-order chi connectivity index (χ1) is 6.83. The first-order valence-corrected chi connectivity index (χ1v) is 6.31. The van der Waals surface area contributed by atoms with Crippen molar-refractivity contribution in [1.82, 2.24) is 0 Å². The van der Waals surface area contributed by atoms with Crippen molar-refractivity contribution in [3.05, 3.63) is 0 Å². The van der Waals surface area contributed by atoms with Gasteiger partial charge in [-0.1, -0.05) is 0 Å². The molecule has 0 unspecified atom stereocenters. The predicted molar refractivity (Wildman–Crippen MR) is 85.0 cm³/mol. The van der Waals surface area contributed by atoms with Crippen molar-refractivity contribution in [2.75, 3.05) is 28.2 Å². The topological polar surface area (TPSA) is 455 Å². The van der Waals surface area contributed by atoms with Gasteiger partial charge in [0.05, 0.1) is 28.2 Å². The summed E-state index contributed by atoms with van der Waals surface area (Å²) >= 11 is 0. The Morgan fingerprint density at radius 3 is 0.520 bits per heavy atom. The van der Waals surface area contributed by atoms with E-state index in [1.807, 2.05) is 38.8 Å². The number of quaternary nitrogens is 2. The maximum atomic E-state index is 8.52. The van der Waals surface area contributed by atoms with Crippen molar-refractivity contribution in [2.45, 2.75) is 0 Å². The summed E-state index contributed by atoms with van der Waals surface area (Å²) in [5.41, 5.74) is 0. The molecule has 0 heterocycles. The van der Waals surface area contributed by atoms with Crippen LogP contribution in [0.3, 0.4) is 0 Å². The molecule has 0 atom stereocenters. The number of nitrogens with two attached hydrogens (primary N) is 2. The van der Waals surface area contributed by atoms with Gasteiger partial charge in [0.2, 0.25) is 0 Å². The van der Waals surface area contributed by atoms with Gasteiger partial charge in [0, 0.05) is 20.8 Å². The summed E-state index contributed by atoms with van der Waals surface area (Å²) in [6.45, 7) is 0. The second kappa shape index (κ2) is 64.9. The quantitative estimate of drug-likeness (QED) is 0.141. The second-order valence-corrected chi connectivity index (χ2v) is 3.60. The van der Waals surface area contributed by atoms with E-state index < -0.39 is 20.8 Å². The van der Waals surface area contributed by atoms with Crippen molar-refractivity contribution in [1.29, 1.82) is 0 Å². The molecule has 0 radical (unpaired) electrons. The van der Waals surface area contributed by atoms with Gasteiger partial charge in [0.15, 0.2) is 0 Å². The largest absolute Gasteiger partial charge is 2.00 e. The van der Waals surface area contributed by atoms with E-state index in [4.69, 9.17) is 35.0 Å². The molecule has 0 rings (SSSR count). The summed E-state index contributed by atoms with van der Waals surface area (Å²) in [7, 11) is -2.33. The van der Waals surface area contributed by atoms with Gasteiger partial charge in [0.1, 0.15) is 0 Å². The SMILES string of the molecule is C[NH2+]C.C[NH2+]C.O.O.O=S(=O)([O-])[O-].O=S(=O)([O-])[O-].[Ni+2].[OH3+].[OH3+].[OH3+].[OH3+].[OH3+].[OH3+]. The van der Waals surface area contributed by atoms with Crippen LogP contribution in [0.4, 0.5) is 0 Å². The summed E-state index contributed by atoms with van der Waals surface area (Å²) in [6, 6.07) is 0. The molecule has 0 saturated carbocycles. The van der Waals surface area contributed by atoms with E-state index in [1.54, 1.807) is 0 Å². The third-order valence-electron chi connectivity index (χ3n) is 0. The van der Waals surface area contributed by atoms with Gasteiger partial charge < -0.3 is 72.7 Å². The summed E-state index contributed by atoms with van der Waals surface area (Å²) in [4.78, 5) is 0. The van der Waals surface area contributed by atoms with Gasteiger partial charge in [-0.3, -0.25) is 16.8 Å². The Morgan fingerprint density at radius 2 is 0.520 bits per heavy atom. The molecule has 26 N–H and O–H groups in total. The van der Waals surface area contributed by atoms with Crippen LogP contribution in [0.15, 0.2) is 0 Å². The van der Waals surface area contributed by atoms with E-state index in [9.17, 15) is 0 Å². The molecule has 176 valence electrons. The predicted octanol–water partition coefficient (Wildman–Crippen LogP) is -12.2. The maximum absolute atomic E-state index is 8.52. The van der Waals surface area contributed by atoms with Crippen LogP contribution >= 0.6 is 0 Å². The van der Waals surface area contributed by atoms with E-state index in [0.717, 1.165) is 0 Å². The fourth-order valence-corrected chi connectivity index (χ4v) is 0. The van der Waals surface area contributed by atoms with Crippen LogP contribution in [0.5, 0.6) is 0 Å². The molecule has 0 fully saturated rings. The normalized spacial score (nSPS) is 6.08. The molecule has 0 aromatic carbocycles. The number of hydrogen-bond acceptors (Lipinski definition) is 8. The summed E-state index contributed by atoms with van der Waals surface area (Å²) < 4.78 is 68.2. The van der Waals surface area contributed by atoms with Gasteiger partial charge in [-0.05, 0) is 0 Å². The van der Waals surface area contributed by atoms with Gasteiger partial charge in [0.25, 0.3) is 0 Å². The first-order valence-electron chi connectivity index (χ1n) is 3.64. The first kappa shape index (κ1) is 101. The molecular formula is C4H38N2NiO16S2+6. The van der Waals surface area contributed by atoms with E-state index >= 15 is 0 Å². The van der Waals surface area contributed by atoms with Gasteiger partial charge in [-0.2, -0.15) is 0 Å². The van der Waals surface area contributed by atoms with Gasteiger partial charge in [-0.15, -0.1) is 0 Å². The average molecular weight is 493 g/mol. The van der Waals surface area contributed by atoms with Crippen LogP contribution < -0.4 is 10.6 Å². The van der Waals surface area contributed by atoms with Crippen LogP contribution in [-0.2, 0) is 70.1 Å². The summed E-state index contributed by atoms with van der Waals surface area (Å²) in [6.07, 6.45) is 0. The smallest absolute Gasteiger partial charge is 0.759 e. The molecule has 0 saturated heterocycles. The Bertz CT molecular complexity index is 260. The average Bonchev–Trinajstić information content (AvgIpc) is 1.79. The second-order valence-electron chi connectivity index (χ2n) is 1.97. The zero-order valence-corrected chi connectivity index (χ0v) is 16.6. The molecular weight excluding hydrogens is 455 g/mol. The molecule has 25 heavy (non-hydrogen) atoms. The Labute approximate surface area is 155 Å². The number of hydrogen-bond donors (Lipinski definition) is 2. The number of rotatable bonds is 0. The molecule has 21 heteroatoms. The molecule has 0 aromatic heterocycles. The molecule has 0 amide bonds. The van der Waals surface area contributed by atoms with Crippen molar-refractivity contribution < 1.29 is 106 Å².